The second-order valence-corrected chi connectivity index (χ2v) is 11.2. The fourth-order valence-corrected chi connectivity index (χ4v) is 2.42. The number of aldehydes is 1. The first-order chi connectivity index (χ1) is 9.56. The maximum Gasteiger partial charge on any atom is 0.387 e. The maximum atomic E-state index is 12.4. The molecule has 0 bridgehead atoms. The van der Waals surface area contributed by atoms with Crippen molar-refractivity contribution in [3.05, 3.63) is 29.3 Å². The highest BCUT2D eigenvalue weighted by atomic mass is 28.4. The summed E-state index contributed by atoms with van der Waals surface area (Å²) in [6, 6.07) is 4.35. The van der Waals surface area contributed by atoms with Crippen molar-refractivity contribution in [1.29, 1.82) is 0 Å². The van der Waals surface area contributed by atoms with Crippen molar-refractivity contribution in [3.8, 4) is 5.75 Å². The van der Waals surface area contributed by atoms with Gasteiger partial charge in [-0.25, -0.2) is 0 Å². The van der Waals surface area contributed by atoms with Gasteiger partial charge in [-0.1, -0.05) is 20.8 Å². The molecule has 0 unspecified atom stereocenters. The predicted octanol–water partition coefficient (Wildman–Crippen LogP) is 4.62. The van der Waals surface area contributed by atoms with E-state index >= 15 is 0 Å². The second kappa shape index (κ2) is 6.66. The lowest BCUT2D eigenvalue weighted by Gasteiger charge is -2.36. The van der Waals surface area contributed by atoms with E-state index in [1.165, 1.54) is 18.2 Å². The molecule has 0 aliphatic carbocycles. The first-order valence-electron chi connectivity index (χ1n) is 6.74. The van der Waals surface area contributed by atoms with Crippen LogP contribution in [0.3, 0.4) is 0 Å². The third kappa shape index (κ3) is 4.89. The number of benzene rings is 1. The summed E-state index contributed by atoms with van der Waals surface area (Å²) >= 11 is 0. The first-order valence-corrected chi connectivity index (χ1v) is 9.64. The van der Waals surface area contributed by atoms with Gasteiger partial charge in [-0.15, -0.1) is 0 Å². The Morgan fingerprint density at radius 1 is 1.29 bits per heavy atom. The molecule has 1 rings (SSSR count). The van der Waals surface area contributed by atoms with E-state index < -0.39 is 14.9 Å². The Kier molecular flexibility index (Phi) is 5.64. The Balaban J connectivity index is 2.97. The molecule has 0 radical (unpaired) electrons. The highest BCUT2D eigenvalue weighted by Gasteiger charge is 2.37. The molecule has 0 aliphatic rings. The third-order valence-electron chi connectivity index (χ3n) is 3.83. The van der Waals surface area contributed by atoms with Crippen LogP contribution in [-0.2, 0) is 11.0 Å². The van der Waals surface area contributed by atoms with Crippen molar-refractivity contribution in [1.82, 2.24) is 0 Å². The van der Waals surface area contributed by atoms with Gasteiger partial charge in [0.25, 0.3) is 0 Å². The van der Waals surface area contributed by atoms with Gasteiger partial charge in [-0.2, -0.15) is 8.78 Å². The van der Waals surface area contributed by atoms with Gasteiger partial charge in [-0.05, 0) is 36.3 Å². The summed E-state index contributed by atoms with van der Waals surface area (Å²) in [6.07, 6.45) is 0.669. The highest BCUT2D eigenvalue weighted by Crippen LogP contribution is 2.37. The molecular formula is C15H22F2O3Si. The lowest BCUT2D eigenvalue weighted by molar-refractivity contribution is -0.0508. The van der Waals surface area contributed by atoms with E-state index in [2.05, 4.69) is 38.6 Å². The maximum absolute atomic E-state index is 12.4. The minimum absolute atomic E-state index is 0.0129. The highest BCUT2D eigenvalue weighted by molar-refractivity contribution is 6.74. The standard InChI is InChI=1S/C15H22F2O3Si/c1-15(2,3)21(4,5)19-10-12-8-11(9-18)6-7-13(12)20-14(16)17/h6-9,14H,10H2,1-5H3. The van der Waals surface area contributed by atoms with Crippen molar-refractivity contribution in [3.63, 3.8) is 0 Å². The number of hydrogen-bond donors (Lipinski definition) is 0. The molecule has 21 heavy (non-hydrogen) atoms. The summed E-state index contributed by atoms with van der Waals surface area (Å²) in [4.78, 5) is 10.8. The summed E-state index contributed by atoms with van der Waals surface area (Å²) in [5.74, 6) is 0.0503. The summed E-state index contributed by atoms with van der Waals surface area (Å²) in [7, 11) is -2.01. The van der Waals surface area contributed by atoms with E-state index in [1.807, 2.05) is 0 Å². The van der Waals surface area contributed by atoms with Crippen LogP contribution in [0, 0.1) is 0 Å². The zero-order valence-electron chi connectivity index (χ0n) is 13.1. The molecule has 118 valence electrons. The molecule has 0 saturated heterocycles. The Morgan fingerprint density at radius 2 is 1.90 bits per heavy atom. The number of ether oxygens (including phenoxy) is 1. The normalized spacial score (nSPS) is 12.6. The van der Waals surface area contributed by atoms with Crippen molar-refractivity contribution in [2.24, 2.45) is 0 Å². The van der Waals surface area contributed by atoms with Crippen LogP contribution in [0.25, 0.3) is 0 Å². The van der Waals surface area contributed by atoms with E-state index in [0.29, 0.717) is 17.4 Å². The predicted molar refractivity (Wildman–Crippen MR) is 80.4 cm³/mol. The van der Waals surface area contributed by atoms with Gasteiger partial charge in [0.05, 0.1) is 6.61 Å². The molecule has 0 aromatic heterocycles. The van der Waals surface area contributed by atoms with Gasteiger partial charge in [0.15, 0.2) is 8.32 Å². The van der Waals surface area contributed by atoms with Crippen LogP contribution < -0.4 is 4.74 Å². The van der Waals surface area contributed by atoms with E-state index in [1.54, 1.807) is 0 Å². The number of halogens is 2. The smallest absolute Gasteiger partial charge is 0.387 e. The molecule has 0 aliphatic heterocycles. The molecule has 0 saturated carbocycles. The van der Waals surface area contributed by atoms with Crippen molar-refractivity contribution in [2.75, 3.05) is 0 Å². The monoisotopic (exact) mass is 316 g/mol. The van der Waals surface area contributed by atoms with Crippen molar-refractivity contribution >= 4 is 14.6 Å². The van der Waals surface area contributed by atoms with Gasteiger partial charge in [-0.3, -0.25) is 4.79 Å². The summed E-state index contributed by atoms with van der Waals surface area (Å²) in [6.45, 7) is 7.68. The molecule has 0 spiro atoms. The zero-order valence-corrected chi connectivity index (χ0v) is 14.1. The van der Waals surface area contributed by atoms with Gasteiger partial charge < -0.3 is 9.16 Å². The van der Waals surface area contributed by atoms with Crippen molar-refractivity contribution < 1.29 is 22.7 Å². The van der Waals surface area contributed by atoms with E-state index in [9.17, 15) is 13.6 Å². The topological polar surface area (TPSA) is 35.5 Å². The number of rotatable bonds is 6. The van der Waals surface area contributed by atoms with Crippen molar-refractivity contribution in [2.45, 2.75) is 52.1 Å². The average Bonchev–Trinajstić information content (AvgIpc) is 2.35. The van der Waals surface area contributed by atoms with E-state index in [0.717, 1.165) is 0 Å². The third-order valence-corrected chi connectivity index (χ3v) is 8.31. The Hall–Kier alpha value is -1.27. The SMILES string of the molecule is CC(C)(C)[Si](C)(C)OCc1cc(C=O)ccc1OC(F)F. The average molecular weight is 316 g/mol. The van der Waals surface area contributed by atoms with Crippen LogP contribution in [0.2, 0.25) is 18.1 Å². The molecule has 0 heterocycles. The number of carbonyl (C=O) groups is 1. The molecule has 1 aromatic rings. The molecule has 0 N–H and O–H groups in total. The van der Waals surface area contributed by atoms with E-state index in [4.69, 9.17) is 4.43 Å². The van der Waals surface area contributed by atoms with Gasteiger partial charge in [0.2, 0.25) is 0 Å². The quantitative estimate of drug-likeness (QED) is 0.567. The first kappa shape index (κ1) is 17.8. The fourth-order valence-electron chi connectivity index (χ4n) is 1.47. The minimum Gasteiger partial charge on any atom is -0.434 e. The molecule has 6 heteroatoms. The summed E-state index contributed by atoms with van der Waals surface area (Å²) in [5.41, 5.74) is 0.871. The molecule has 0 fully saturated rings. The van der Waals surface area contributed by atoms with Gasteiger partial charge in [0, 0.05) is 11.1 Å². The lowest BCUT2D eigenvalue weighted by atomic mass is 10.1. The molecule has 3 nitrogen and oxygen atoms in total. The van der Waals surface area contributed by atoms with Crippen LogP contribution in [0.1, 0.15) is 36.7 Å². The largest absolute Gasteiger partial charge is 0.434 e. The summed E-state index contributed by atoms with van der Waals surface area (Å²) in [5, 5.41) is 0.0129. The van der Waals surface area contributed by atoms with Crippen LogP contribution in [0.5, 0.6) is 5.75 Å². The fraction of sp³-hybridized carbons (Fsp3) is 0.533. The molecule has 0 amide bonds. The van der Waals surface area contributed by atoms with Gasteiger partial charge >= 0.3 is 6.61 Å². The lowest BCUT2D eigenvalue weighted by Crippen LogP contribution is -2.40. The Morgan fingerprint density at radius 3 is 2.38 bits per heavy atom. The number of alkyl halides is 2. The Bertz CT molecular complexity index is 496. The Labute approximate surface area is 125 Å². The minimum atomic E-state index is -2.90. The van der Waals surface area contributed by atoms with Crippen LogP contribution in [-0.4, -0.2) is 21.2 Å². The second-order valence-electron chi connectivity index (χ2n) is 6.41. The van der Waals surface area contributed by atoms with Crippen LogP contribution in [0.4, 0.5) is 8.78 Å². The number of carbonyl (C=O) groups excluding carboxylic acids is 1. The van der Waals surface area contributed by atoms with E-state index in [-0.39, 0.29) is 17.4 Å². The van der Waals surface area contributed by atoms with Gasteiger partial charge in [0.1, 0.15) is 12.0 Å². The molecule has 1 aromatic carbocycles. The molecule has 0 atom stereocenters. The summed E-state index contributed by atoms with van der Waals surface area (Å²) < 4.78 is 35.3. The van der Waals surface area contributed by atoms with Crippen LogP contribution >= 0.6 is 0 Å². The van der Waals surface area contributed by atoms with Crippen LogP contribution in [0.15, 0.2) is 18.2 Å². The zero-order chi connectivity index (χ0) is 16.3. The molecular weight excluding hydrogens is 294 g/mol. The number of hydrogen-bond acceptors (Lipinski definition) is 3.